The highest BCUT2D eigenvalue weighted by Gasteiger charge is 2.39. The summed E-state index contributed by atoms with van der Waals surface area (Å²) in [6.45, 7) is 1.88. The van der Waals surface area contributed by atoms with Crippen molar-refractivity contribution in [2.24, 2.45) is 5.41 Å². The molecule has 0 aromatic carbocycles. The molecule has 0 aliphatic heterocycles. The van der Waals surface area contributed by atoms with Gasteiger partial charge in [-0.15, -0.1) is 12.3 Å². The Bertz CT molecular complexity index is 178. The monoisotopic (exact) mass is 158 g/mol. The maximum absolute atomic E-state index is 12.6. The number of alkyl halides is 2. The number of hydrogen-bond acceptors (Lipinski definition) is 0. The lowest BCUT2D eigenvalue weighted by Crippen LogP contribution is -2.30. The fraction of sp³-hybridized carbons (Fsp3) is 0.778. The van der Waals surface area contributed by atoms with Crippen LogP contribution in [0.5, 0.6) is 0 Å². The molecule has 0 spiro atoms. The molecule has 0 saturated heterocycles. The fourth-order valence-electron chi connectivity index (χ4n) is 1.31. The van der Waals surface area contributed by atoms with Crippen molar-refractivity contribution >= 4 is 0 Å². The first-order valence-corrected chi connectivity index (χ1v) is 3.83. The van der Waals surface area contributed by atoms with Gasteiger partial charge in [0.1, 0.15) is 0 Å². The number of rotatable bonds is 0. The second kappa shape index (κ2) is 2.48. The molecule has 1 aliphatic carbocycles. The minimum atomic E-state index is -2.46. The summed E-state index contributed by atoms with van der Waals surface area (Å²) < 4.78 is 25.2. The van der Waals surface area contributed by atoms with Crippen LogP contribution in [0.2, 0.25) is 0 Å². The van der Waals surface area contributed by atoms with E-state index in [2.05, 4.69) is 5.92 Å². The van der Waals surface area contributed by atoms with E-state index in [1.807, 2.05) is 6.92 Å². The molecule has 0 radical (unpaired) electrons. The van der Waals surface area contributed by atoms with Gasteiger partial charge >= 0.3 is 0 Å². The molecule has 0 heterocycles. The van der Waals surface area contributed by atoms with Crippen molar-refractivity contribution < 1.29 is 8.78 Å². The predicted molar refractivity (Wildman–Crippen MR) is 40.4 cm³/mol. The molecule has 2 heteroatoms. The Hall–Kier alpha value is -0.580. The van der Waals surface area contributed by atoms with Gasteiger partial charge in [-0.1, -0.05) is 0 Å². The molecular formula is C9H12F2. The highest BCUT2D eigenvalue weighted by molar-refractivity contribution is 5.05. The maximum atomic E-state index is 12.6. The second-order valence-electron chi connectivity index (χ2n) is 3.56. The first-order chi connectivity index (χ1) is 4.97. The van der Waals surface area contributed by atoms with E-state index in [0.29, 0.717) is 12.8 Å². The first-order valence-electron chi connectivity index (χ1n) is 3.83. The highest BCUT2D eigenvalue weighted by atomic mass is 19.3. The number of halogens is 2. The van der Waals surface area contributed by atoms with E-state index in [9.17, 15) is 8.78 Å². The predicted octanol–water partition coefficient (Wildman–Crippen LogP) is 2.84. The molecule has 62 valence electrons. The van der Waals surface area contributed by atoms with Crippen molar-refractivity contribution in [3.63, 3.8) is 0 Å². The quantitative estimate of drug-likeness (QED) is 0.475. The molecule has 0 aromatic heterocycles. The van der Waals surface area contributed by atoms with Crippen molar-refractivity contribution in [1.82, 2.24) is 0 Å². The molecule has 1 rings (SSSR count). The molecule has 0 N–H and O–H groups in total. The van der Waals surface area contributed by atoms with E-state index in [1.165, 1.54) is 0 Å². The zero-order valence-corrected chi connectivity index (χ0v) is 6.66. The summed E-state index contributed by atoms with van der Waals surface area (Å²) in [5.41, 5.74) is -0.276. The van der Waals surface area contributed by atoms with Crippen LogP contribution in [0.4, 0.5) is 8.78 Å². The Labute approximate surface area is 66.0 Å². The third-order valence-electron chi connectivity index (χ3n) is 2.43. The van der Waals surface area contributed by atoms with E-state index < -0.39 is 5.92 Å². The van der Waals surface area contributed by atoms with E-state index in [1.54, 1.807) is 0 Å². The van der Waals surface area contributed by atoms with Gasteiger partial charge in [-0.05, 0) is 19.8 Å². The lowest BCUT2D eigenvalue weighted by molar-refractivity contribution is -0.0532. The van der Waals surface area contributed by atoms with Crippen LogP contribution in [0.1, 0.15) is 32.6 Å². The van der Waals surface area contributed by atoms with E-state index in [-0.39, 0.29) is 18.3 Å². The van der Waals surface area contributed by atoms with Crippen molar-refractivity contribution in [2.75, 3.05) is 0 Å². The molecule has 1 saturated carbocycles. The van der Waals surface area contributed by atoms with Gasteiger partial charge in [0.05, 0.1) is 0 Å². The molecule has 0 amide bonds. The standard InChI is InChI=1S/C9H12F2/c1-3-8(2)4-6-9(10,11)7-5-8/h1H,4-7H2,2H3. The maximum Gasteiger partial charge on any atom is 0.248 e. The van der Waals surface area contributed by atoms with Crippen LogP contribution in [-0.4, -0.2) is 5.92 Å². The van der Waals surface area contributed by atoms with Crippen molar-refractivity contribution in [1.29, 1.82) is 0 Å². The number of terminal acetylenes is 1. The minimum Gasteiger partial charge on any atom is -0.207 e. The summed E-state index contributed by atoms with van der Waals surface area (Å²) in [6, 6.07) is 0. The Morgan fingerprint density at radius 3 is 2.00 bits per heavy atom. The van der Waals surface area contributed by atoms with Gasteiger partial charge < -0.3 is 0 Å². The fourth-order valence-corrected chi connectivity index (χ4v) is 1.31. The third kappa shape index (κ3) is 1.92. The zero-order valence-electron chi connectivity index (χ0n) is 6.66. The molecule has 0 unspecified atom stereocenters. The van der Waals surface area contributed by atoms with E-state index >= 15 is 0 Å². The van der Waals surface area contributed by atoms with Crippen LogP contribution in [0.15, 0.2) is 0 Å². The van der Waals surface area contributed by atoms with Gasteiger partial charge in [-0.25, -0.2) is 8.78 Å². The highest BCUT2D eigenvalue weighted by Crippen LogP contribution is 2.42. The van der Waals surface area contributed by atoms with Crippen LogP contribution in [0.25, 0.3) is 0 Å². The zero-order chi connectivity index (χ0) is 8.54. The average Bonchev–Trinajstić information content (AvgIpc) is 1.97. The van der Waals surface area contributed by atoms with Crippen molar-refractivity contribution in [3.8, 4) is 12.3 Å². The Morgan fingerprint density at radius 2 is 1.64 bits per heavy atom. The van der Waals surface area contributed by atoms with Crippen molar-refractivity contribution in [2.45, 2.75) is 38.5 Å². The minimum absolute atomic E-state index is 0.0479. The smallest absolute Gasteiger partial charge is 0.207 e. The van der Waals surface area contributed by atoms with Crippen LogP contribution < -0.4 is 0 Å². The Kier molecular flexibility index (Phi) is 1.92. The molecule has 11 heavy (non-hydrogen) atoms. The molecule has 0 atom stereocenters. The van der Waals surface area contributed by atoms with Gasteiger partial charge in [-0.3, -0.25) is 0 Å². The van der Waals surface area contributed by atoms with Crippen LogP contribution in [0, 0.1) is 17.8 Å². The molecule has 0 bridgehead atoms. The summed E-state index contributed by atoms with van der Waals surface area (Å²) in [4.78, 5) is 0. The van der Waals surface area contributed by atoms with Gasteiger partial charge in [0.15, 0.2) is 0 Å². The van der Waals surface area contributed by atoms with Gasteiger partial charge in [-0.2, -0.15) is 0 Å². The van der Waals surface area contributed by atoms with Gasteiger partial charge in [0.2, 0.25) is 5.92 Å². The molecule has 0 nitrogen and oxygen atoms in total. The normalized spacial score (nSPS) is 27.5. The third-order valence-corrected chi connectivity index (χ3v) is 2.43. The van der Waals surface area contributed by atoms with Crippen LogP contribution in [-0.2, 0) is 0 Å². The number of hydrogen-bond donors (Lipinski definition) is 0. The van der Waals surface area contributed by atoms with Gasteiger partial charge in [0, 0.05) is 18.3 Å². The van der Waals surface area contributed by atoms with Crippen molar-refractivity contribution in [3.05, 3.63) is 0 Å². The summed E-state index contributed by atoms with van der Waals surface area (Å²) in [5.74, 6) is 0.123. The Morgan fingerprint density at radius 1 is 1.18 bits per heavy atom. The van der Waals surface area contributed by atoms with Crippen LogP contribution >= 0.6 is 0 Å². The Balaban J connectivity index is 2.56. The average molecular weight is 158 g/mol. The first kappa shape index (κ1) is 8.52. The van der Waals surface area contributed by atoms with Crippen LogP contribution in [0.3, 0.4) is 0 Å². The summed E-state index contributed by atoms with van der Waals surface area (Å²) in [7, 11) is 0. The lowest BCUT2D eigenvalue weighted by atomic mass is 9.75. The second-order valence-corrected chi connectivity index (χ2v) is 3.56. The largest absolute Gasteiger partial charge is 0.248 e. The van der Waals surface area contributed by atoms with E-state index in [0.717, 1.165) is 0 Å². The SMILES string of the molecule is C#CC1(C)CCC(F)(F)CC1. The molecular weight excluding hydrogens is 146 g/mol. The lowest BCUT2D eigenvalue weighted by Gasteiger charge is -2.32. The summed E-state index contributed by atoms with van der Waals surface area (Å²) >= 11 is 0. The molecule has 0 aromatic rings. The topological polar surface area (TPSA) is 0 Å². The summed E-state index contributed by atoms with van der Waals surface area (Å²) in [6.07, 6.45) is 6.05. The summed E-state index contributed by atoms with van der Waals surface area (Å²) in [5, 5.41) is 0. The van der Waals surface area contributed by atoms with E-state index in [4.69, 9.17) is 6.42 Å². The van der Waals surface area contributed by atoms with Gasteiger partial charge in [0.25, 0.3) is 0 Å². The molecule has 1 fully saturated rings. The molecule has 1 aliphatic rings.